The molecule has 2 aromatic carbocycles. The zero-order chi connectivity index (χ0) is 27.4. The molecule has 1 spiro atoms. The molecule has 3 aromatic rings. The molecule has 1 unspecified atom stereocenters. The molecule has 0 radical (unpaired) electrons. The highest BCUT2D eigenvalue weighted by Crippen LogP contribution is 2.54. The van der Waals surface area contributed by atoms with E-state index in [2.05, 4.69) is 40.8 Å². The Labute approximate surface area is 224 Å². The second kappa shape index (κ2) is 9.82. The Morgan fingerprint density at radius 3 is 2.56 bits per heavy atom. The van der Waals surface area contributed by atoms with E-state index in [4.69, 9.17) is 4.74 Å². The third-order valence-corrected chi connectivity index (χ3v) is 8.27. The lowest BCUT2D eigenvalue weighted by molar-refractivity contribution is -0.146. The number of hydrogen-bond donors (Lipinski definition) is 1. The molecule has 1 aliphatic heterocycles. The van der Waals surface area contributed by atoms with E-state index in [0.717, 1.165) is 46.3 Å². The van der Waals surface area contributed by atoms with Crippen molar-refractivity contribution in [1.82, 2.24) is 25.5 Å². The number of ether oxygens (including phenoxy) is 1. The zero-order valence-corrected chi connectivity index (χ0v) is 21.9. The lowest BCUT2D eigenvalue weighted by Crippen LogP contribution is -2.35. The van der Waals surface area contributed by atoms with Gasteiger partial charge in [0.2, 0.25) is 0 Å². The number of benzene rings is 2. The summed E-state index contributed by atoms with van der Waals surface area (Å²) < 4.78 is 61.8. The molecule has 3 atom stereocenters. The van der Waals surface area contributed by atoms with Gasteiger partial charge >= 0.3 is 6.18 Å². The van der Waals surface area contributed by atoms with Gasteiger partial charge in [0, 0.05) is 12.0 Å². The van der Waals surface area contributed by atoms with E-state index in [1.54, 1.807) is 12.1 Å². The summed E-state index contributed by atoms with van der Waals surface area (Å²) in [5.74, 6) is -0.963. The second-order valence-corrected chi connectivity index (χ2v) is 11.3. The third-order valence-electron chi connectivity index (χ3n) is 8.27. The zero-order valence-electron chi connectivity index (χ0n) is 21.9. The molecular weight excluding hydrogens is 510 g/mol. The minimum atomic E-state index is -4.68. The Morgan fingerprint density at radius 1 is 1.10 bits per heavy atom. The molecular formula is C29H31F4N5O. The highest BCUT2D eigenvalue weighted by Gasteiger charge is 2.51. The fourth-order valence-corrected chi connectivity index (χ4v) is 6.25. The van der Waals surface area contributed by atoms with Crippen LogP contribution in [0.5, 0.6) is 0 Å². The predicted octanol–water partition coefficient (Wildman–Crippen LogP) is 6.04. The lowest BCUT2D eigenvalue weighted by Gasteiger charge is -2.33. The molecule has 0 saturated heterocycles. The van der Waals surface area contributed by atoms with Crippen molar-refractivity contribution in [1.29, 1.82) is 0 Å². The fraction of sp³-hybridized carbons (Fsp3) is 0.483. The monoisotopic (exact) mass is 541 g/mol. The summed E-state index contributed by atoms with van der Waals surface area (Å²) in [6.07, 6.45) is 1.67. The first-order chi connectivity index (χ1) is 18.6. The Bertz CT molecular complexity index is 1380. The number of hydrogen-bond acceptors (Lipinski definition) is 5. The van der Waals surface area contributed by atoms with Crippen molar-refractivity contribution in [3.63, 3.8) is 0 Å². The van der Waals surface area contributed by atoms with Gasteiger partial charge in [-0.3, -0.25) is 0 Å². The predicted molar refractivity (Wildman–Crippen MR) is 138 cm³/mol. The topological polar surface area (TPSA) is 64.9 Å². The molecule has 0 amide bonds. The first kappa shape index (κ1) is 26.1. The molecule has 0 bridgehead atoms. The smallest absolute Gasteiger partial charge is 0.366 e. The van der Waals surface area contributed by atoms with Gasteiger partial charge in [0.1, 0.15) is 5.82 Å². The van der Waals surface area contributed by atoms with E-state index >= 15 is 0 Å². The SMILES string of the molecule is CC(C)c1ccc(-n2nnnc2C(F)(F)F)cc1C1=C[C@@]2(CCC(CNC3CC3)[C@H]2c2ccc(F)cc2)OC1. The summed E-state index contributed by atoms with van der Waals surface area (Å²) in [6, 6.07) is 12.5. The molecule has 2 fully saturated rings. The van der Waals surface area contributed by atoms with E-state index in [1.807, 2.05) is 18.2 Å². The summed E-state index contributed by atoms with van der Waals surface area (Å²) in [5.41, 5.74) is 3.48. The van der Waals surface area contributed by atoms with Crippen molar-refractivity contribution in [2.24, 2.45) is 5.92 Å². The molecule has 1 aromatic heterocycles. The van der Waals surface area contributed by atoms with Gasteiger partial charge in [0.15, 0.2) is 0 Å². The Hall–Kier alpha value is -3.11. The Morgan fingerprint density at radius 2 is 1.87 bits per heavy atom. The number of nitrogens with zero attached hydrogens (tertiary/aromatic N) is 4. The summed E-state index contributed by atoms with van der Waals surface area (Å²) >= 11 is 0. The van der Waals surface area contributed by atoms with Gasteiger partial charge in [-0.15, -0.1) is 5.10 Å². The van der Waals surface area contributed by atoms with Gasteiger partial charge in [0.05, 0.1) is 17.9 Å². The summed E-state index contributed by atoms with van der Waals surface area (Å²) in [4.78, 5) is 0. The number of halogens is 4. The second-order valence-electron chi connectivity index (χ2n) is 11.3. The quantitative estimate of drug-likeness (QED) is 0.370. The van der Waals surface area contributed by atoms with Crippen LogP contribution in [0.25, 0.3) is 11.3 Å². The summed E-state index contributed by atoms with van der Waals surface area (Å²) in [6.45, 7) is 5.32. The number of tetrazole rings is 1. The maximum Gasteiger partial charge on any atom is 0.453 e. The van der Waals surface area contributed by atoms with Crippen molar-refractivity contribution >= 4 is 5.57 Å². The van der Waals surface area contributed by atoms with Crippen LogP contribution in [-0.2, 0) is 10.9 Å². The molecule has 2 heterocycles. The van der Waals surface area contributed by atoms with Crippen LogP contribution in [0.4, 0.5) is 17.6 Å². The van der Waals surface area contributed by atoms with Gasteiger partial charge in [0.25, 0.3) is 5.82 Å². The van der Waals surface area contributed by atoms with Gasteiger partial charge in [-0.1, -0.05) is 32.0 Å². The molecule has 39 heavy (non-hydrogen) atoms. The van der Waals surface area contributed by atoms with Crippen LogP contribution in [0.2, 0.25) is 0 Å². The fourth-order valence-electron chi connectivity index (χ4n) is 6.25. The van der Waals surface area contributed by atoms with Crippen LogP contribution >= 0.6 is 0 Å². The molecule has 2 aliphatic carbocycles. The average Bonchev–Trinajstić information content (AvgIpc) is 3.28. The largest absolute Gasteiger partial charge is 0.453 e. The first-order valence-corrected chi connectivity index (χ1v) is 13.5. The van der Waals surface area contributed by atoms with Crippen LogP contribution < -0.4 is 5.32 Å². The van der Waals surface area contributed by atoms with Gasteiger partial charge in [-0.25, -0.2) is 4.39 Å². The van der Waals surface area contributed by atoms with Gasteiger partial charge in [-0.05, 0) is 107 Å². The lowest BCUT2D eigenvalue weighted by atomic mass is 9.79. The maximum atomic E-state index is 13.8. The van der Waals surface area contributed by atoms with Crippen molar-refractivity contribution < 1.29 is 22.3 Å². The molecule has 3 aliphatic rings. The molecule has 2 saturated carbocycles. The van der Waals surface area contributed by atoms with E-state index in [9.17, 15) is 17.6 Å². The van der Waals surface area contributed by atoms with Crippen molar-refractivity contribution in [2.75, 3.05) is 13.2 Å². The minimum Gasteiger partial charge on any atom is -0.366 e. The molecule has 1 N–H and O–H groups in total. The minimum absolute atomic E-state index is 0.0314. The number of aromatic nitrogens is 4. The van der Waals surface area contributed by atoms with Gasteiger partial charge < -0.3 is 10.1 Å². The van der Waals surface area contributed by atoms with Crippen LogP contribution in [0.3, 0.4) is 0 Å². The number of nitrogens with one attached hydrogen (secondary N) is 1. The van der Waals surface area contributed by atoms with Crippen LogP contribution in [0.15, 0.2) is 48.5 Å². The number of rotatable bonds is 7. The Kier molecular flexibility index (Phi) is 6.58. The first-order valence-electron chi connectivity index (χ1n) is 13.5. The average molecular weight is 542 g/mol. The number of alkyl halides is 3. The van der Waals surface area contributed by atoms with Crippen molar-refractivity contribution in [2.45, 2.75) is 69.2 Å². The highest BCUT2D eigenvalue weighted by molar-refractivity contribution is 5.74. The summed E-state index contributed by atoms with van der Waals surface area (Å²) in [5, 5.41) is 13.8. The highest BCUT2D eigenvalue weighted by atomic mass is 19.4. The van der Waals surface area contributed by atoms with E-state index in [0.29, 0.717) is 18.6 Å². The van der Waals surface area contributed by atoms with Crippen molar-refractivity contribution in [3.8, 4) is 5.69 Å². The maximum absolute atomic E-state index is 13.8. The molecule has 6 nitrogen and oxygen atoms in total. The third kappa shape index (κ3) is 5.00. The van der Waals surface area contributed by atoms with E-state index in [1.165, 1.54) is 25.0 Å². The van der Waals surface area contributed by atoms with Gasteiger partial charge in [-0.2, -0.15) is 17.9 Å². The normalized spacial score (nSPS) is 25.2. The Balaban J connectivity index is 1.40. The van der Waals surface area contributed by atoms with Crippen LogP contribution in [0, 0.1) is 11.7 Å². The molecule has 6 rings (SSSR count). The van der Waals surface area contributed by atoms with Crippen LogP contribution in [-0.4, -0.2) is 45.0 Å². The molecule has 10 heteroatoms. The molecule has 206 valence electrons. The summed E-state index contributed by atoms with van der Waals surface area (Å²) in [7, 11) is 0. The van der Waals surface area contributed by atoms with E-state index in [-0.39, 0.29) is 23.3 Å². The standard InChI is InChI=1S/C29H31F4N5O/c1-17(2)24-10-9-23(38-27(29(31,32)33)35-36-37-38)13-25(24)20-14-28(39-16-20)12-11-19(15-34-22-7-8-22)26(28)18-3-5-21(30)6-4-18/h3-6,9-10,13-14,17,19,22,26,34H,7-8,11-12,15-16H2,1-2H3/t19?,26-,28-/m1/s1. The van der Waals surface area contributed by atoms with Crippen molar-refractivity contribution in [3.05, 3.63) is 76.9 Å². The van der Waals surface area contributed by atoms with E-state index < -0.39 is 17.6 Å². The van der Waals surface area contributed by atoms with Crippen LogP contribution in [0.1, 0.15) is 73.9 Å².